The van der Waals surface area contributed by atoms with Crippen LogP contribution < -0.4 is 10.2 Å². The van der Waals surface area contributed by atoms with E-state index in [4.69, 9.17) is 16.0 Å². The second kappa shape index (κ2) is 5.27. The van der Waals surface area contributed by atoms with Crippen LogP contribution in [0.25, 0.3) is 0 Å². The summed E-state index contributed by atoms with van der Waals surface area (Å²) in [5, 5.41) is 10.7. The largest absolute Gasteiger partial charge is 0.407 e. The maximum absolute atomic E-state index is 5.60. The summed E-state index contributed by atoms with van der Waals surface area (Å²) in [7, 11) is 4.01. The third-order valence-electron chi connectivity index (χ3n) is 2.52. The average Bonchev–Trinajstić information content (AvgIpc) is 2.79. The summed E-state index contributed by atoms with van der Waals surface area (Å²) in [6.07, 6.45) is 0. The van der Waals surface area contributed by atoms with Gasteiger partial charge in [0.2, 0.25) is 5.89 Å². The Balaban J connectivity index is 2.21. The zero-order valence-corrected chi connectivity index (χ0v) is 11.3. The summed E-state index contributed by atoms with van der Waals surface area (Å²) in [4.78, 5) is 2.05. The lowest BCUT2D eigenvalue weighted by atomic mass is 10.1. The minimum Gasteiger partial charge on any atom is -0.407 e. The summed E-state index contributed by atoms with van der Waals surface area (Å²) in [6, 6.07) is 6.38. The highest BCUT2D eigenvalue weighted by Gasteiger charge is 2.07. The Morgan fingerprint density at radius 2 is 2.11 bits per heavy atom. The van der Waals surface area contributed by atoms with Crippen LogP contribution in [0.5, 0.6) is 0 Å². The molecule has 96 valence electrons. The SMILES string of the molecule is Cc1ccc(Nc2nnc(CCl)o2)cc1N(C)C. The monoisotopic (exact) mass is 266 g/mol. The highest BCUT2D eigenvalue weighted by molar-refractivity contribution is 6.16. The van der Waals surface area contributed by atoms with Gasteiger partial charge >= 0.3 is 6.01 Å². The van der Waals surface area contributed by atoms with Crippen molar-refractivity contribution < 1.29 is 4.42 Å². The van der Waals surface area contributed by atoms with Crippen LogP contribution in [0.4, 0.5) is 17.4 Å². The molecule has 0 spiro atoms. The molecule has 18 heavy (non-hydrogen) atoms. The number of alkyl halides is 1. The number of nitrogens with zero attached hydrogens (tertiary/aromatic N) is 3. The van der Waals surface area contributed by atoms with Crippen molar-refractivity contribution in [1.29, 1.82) is 0 Å². The first-order valence-corrected chi connectivity index (χ1v) is 6.07. The maximum atomic E-state index is 5.60. The topological polar surface area (TPSA) is 54.2 Å². The Labute approximate surface area is 111 Å². The van der Waals surface area contributed by atoms with Crippen molar-refractivity contribution in [1.82, 2.24) is 10.2 Å². The fourth-order valence-electron chi connectivity index (χ4n) is 1.65. The first kappa shape index (κ1) is 12.7. The quantitative estimate of drug-likeness (QED) is 0.863. The molecule has 0 amide bonds. The Morgan fingerprint density at radius 1 is 1.33 bits per heavy atom. The molecule has 6 heteroatoms. The van der Waals surface area contributed by atoms with Crippen LogP contribution in [0.15, 0.2) is 22.6 Å². The molecule has 0 aliphatic carbocycles. The fraction of sp³-hybridized carbons (Fsp3) is 0.333. The van der Waals surface area contributed by atoms with E-state index in [2.05, 4.69) is 27.3 Å². The van der Waals surface area contributed by atoms with E-state index in [-0.39, 0.29) is 5.88 Å². The van der Waals surface area contributed by atoms with Crippen LogP contribution in [-0.2, 0) is 5.88 Å². The molecule has 0 saturated heterocycles. The summed E-state index contributed by atoms with van der Waals surface area (Å²) in [5.41, 5.74) is 3.24. The highest BCUT2D eigenvalue weighted by Crippen LogP contribution is 2.24. The third kappa shape index (κ3) is 2.73. The van der Waals surface area contributed by atoms with Crippen LogP contribution in [0, 0.1) is 6.92 Å². The van der Waals surface area contributed by atoms with Crippen molar-refractivity contribution in [2.75, 3.05) is 24.3 Å². The Hall–Kier alpha value is -1.75. The summed E-state index contributed by atoms with van der Waals surface area (Å²) < 4.78 is 5.29. The molecular weight excluding hydrogens is 252 g/mol. The number of rotatable bonds is 4. The number of hydrogen-bond acceptors (Lipinski definition) is 5. The first-order chi connectivity index (χ1) is 8.60. The van der Waals surface area contributed by atoms with Crippen LogP contribution in [0.3, 0.4) is 0 Å². The van der Waals surface area contributed by atoms with Gasteiger partial charge in [0.05, 0.1) is 0 Å². The number of anilines is 3. The minimum absolute atomic E-state index is 0.214. The van der Waals surface area contributed by atoms with E-state index in [1.165, 1.54) is 5.56 Å². The van der Waals surface area contributed by atoms with Gasteiger partial charge in [0.25, 0.3) is 0 Å². The molecule has 2 aromatic rings. The predicted molar refractivity (Wildman–Crippen MR) is 72.6 cm³/mol. The molecule has 0 fully saturated rings. The Morgan fingerprint density at radius 3 is 2.72 bits per heavy atom. The number of aromatic nitrogens is 2. The van der Waals surface area contributed by atoms with Gasteiger partial charge in [0.1, 0.15) is 5.88 Å². The van der Waals surface area contributed by atoms with Crippen molar-refractivity contribution in [2.24, 2.45) is 0 Å². The maximum Gasteiger partial charge on any atom is 0.320 e. The van der Waals surface area contributed by atoms with Gasteiger partial charge in [-0.1, -0.05) is 11.2 Å². The van der Waals surface area contributed by atoms with Gasteiger partial charge in [-0.15, -0.1) is 16.7 Å². The summed E-state index contributed by atoms with van der Waals surface area (Å²) >= 11 is 5.60. The highest BCUT2D eigenvalue weighted by atomic mass is 35.5. The molecule has 1 heterocycles. The van der Waals surface area contributed by atoms with Gasteiger partial charge in [-0.3, -0.25) is 0 Å². The molecule has 1 aromatic carbocycles. The van der Waals surface area contributed by atoms with Gasteiger partial charge in [-0.25, -0.2) is 0 Å². The molecule has 5 nitrogen and oxygen atoms in total. The lowest BCUT2D eigenvalue weighted by Crippen LogP contribution is -2.10. The smallest absolute Gasteiger partial charge is 0.320 e. The van der Waals surface area contributed by atoms with E-state index < -0.39 is 0 Å². The van der Waals surface area contributed by atoms with Crippen molar-refractivity contribution in [3.05, 3.63) is 29.7 Å². The predicted octanol–water partition coefficient (Wildman–Crippen LogP) is 2.93. The number of aryl methyl sites for hydroxylation is 1. The van der Waals surface area contributed by atoms with Crippen LogP contribution in [0.1, 0.15) is 11.5 Å². The molecule has 1 N–H and O–H groups in total. The van der Waals surface area contributed by atoms with Gasteiger partial charge in [-0.05, 0) is 24.6 Å². The molecule has 0 saturated carbocycles. The molecule has 2 rings (SSSR count). The Bertz CT molecular complexity index is 539. The van der Waals surface area contributed by atoms with Crippen LogP contribution in [-0.4, -0.2) is 24.3 Å². The number of hydrogen-bond donors (Lipinski definition) is 1. The molecule has 0 aliphatic heterocycles. The lowest BCUT2D eigenvalue weighted by Gasteiger charge is -2.16. The van der Waals surface area contributed by atoms with E-state index >= 15 is 0 Å². The van der Waals surface area contributed by atoms with E-state index in [0.717, 1.165) is 11.4 Å². The van der Waals surface area contributed by atoms with Crippen LogP contribution >= 0.6 is 11.6 Å². The standard InChI is InChI=1S/C12H15ClN4O/c1-8-4-5-9(6-10(8)17(2)3)14-12-16-15-11(7-13)18-12/h4-6H,7H2,1-3H3,(H,14,16). The van der Waals surface area contributed by atoms with E-state index in [1.807, 2.05) is 32.3 Å². The first-order valence-electron chi connectivity index (χ1n) is 5.53. The van der Waals surface area contributed by atoms with Crippen molar-refractivity contribution in [3.8, 4) is 0 Å². The normalized spacial score (nSPS) is 10.4. The van der Waals surface area contributed by atoms with Crippen molar-refractivity contribution in [2.45, 2.75) is 12.8 Å². The fourth-order valence-corrected chi connectivity index (χ4v) is 1.76. The molecular formula is C12H15ClN4O. The number of benzene rings is 1. The Kier molecular flexibility index (Phi) is 3.72. The third-order valence-corrected chi connectivity index (χ3v) is 2.75. The van der Waals surface area contributed by atoms with Gasteiger partial charge in [0, 0.05) is 25.5 Å². The second-order valence-corrected chi connectivity index (χ2v) is 4.42. The van der Waals surface area contributed by atoms with Gasteiger partial charge in [0.15, 0.2) is 0 Å². The molecule has 1 aromatic heterocycles. The lowest BCUT2D eigenvalue weighted by molar-refractivity contribution is 0.530. The minimum atomic E-state index is 0.214. The van der Waals surface area contributed by atoms with Gasteiger partial charge < -0.3 is 14.6 Å². The molecule has 0 radical (unpaired) electrons. The number of nitrogens with one attached hydrogen (secondary N) is 1. The van der Waals surface area contributed by atoms with Crippen LogP contribution in [0.2, 0.25) is 0 Å². The summed E-state index contributed by atoms with van der Waals surface area (Å²) in [6.45, 7) is 2.07. The molecule has 0 atom stereocenters. The molecule has 0 aliphatic rings. The van der Waals surface area contributed by atoms with Gasteiger partial charge in [-0.2, -0.15) is 0 Å². The summed E-state index contributed by atoms with van der Waals surface area (Å²) in [5.74, 6) is 0.616. The zero-order chi connectivity index (χ0) is 13.1. The average molecular weight is 267 g/mol. The number of halogens is 1. The second-order valence-electron chi connectivity index (χ2n) is 4.16. The zero-order valence-electron chi connectivity index (χ0n) is 10.6. The van der Waals surface area contributed by atoms with E-state index in [1.54, 1.807) is 0 Å². The van der Waals surface area contributed by atoms with E-state index in [0.29, 0.717) is 11.9 Å². The molecule has 0 unspecified atom stereocenters. The van der Waals surface area contributed by atoms with Crippen molar-refractivity contribution >= 4 is 29.0 Å². The van der Waals surface area contributed by atoms with E-state index in [9.17, 15) is 0 Å². The van der Waals surface area contributed by atoms with Crippen molar-refractivity contribution in [3.63, 3.8) is 0 Å². The molecule has 0 bridgehead atoms.